The van der Waals surface area contributed by atoms with Crippen molar-refractivity contribution >= 4 is 21.9 Å². The van der Waals surface area contributed by atoms with E-state index in [2.05, 4.69) is 22.5 Å². The van der Waals surface area contributed by atoms with Crippen LogP contribution in [-0.4, -0.2) is 11.1 Å². The van der Waals surface area contributed by atoms with E-state index in [0.717, 1.165) is 0 Å². The molecule has 0 spiro atoms. The molecule has 1 N–H and O–H groups in total. The second-order valence-corrected chi connectivity index (χ2v) is 3.11. The molecule has 0 bridgehead atoms. The van der Waals surface area contributed by atoms with Crippen molar-refractivity contribution in [2.75, 3.05) is 0 Å². The van der Waals surface area contributed by atoms with E-state index in [9.17, 15) is 4.79 Å². The lowest BCUT2D eigenvalue weighted by Gasteiger charge is -1.90. The van der Waals surface area contributed by atoms with Gasteiger partial charge in [-0.25, -0.2) is 4.79 Å². The third-order valence-corrected chi connectivity index (χ3v) is 1.70. The molecule has 0 heterocycles. The maximum Gasteiger partial charge on any atom is 0.342 e. The van der Waals surface area contributed by atoms with Gasteiger partial charge in [0.05, 0.1) is 0 Å². The lowest BCUT2D eigenvalue weighted by molar-refractivity contribution is -0.131. The molecule has 0 saturated heterocycles. The average molecular weight is 243 g/mol. The van der Waals surface area contributed by atoms with Crippen molar-refractivity contribution < 1.29 is 9.90 Å². The van der Waals surface area contributed by atoms with Crippen LogP contribution in [0, 0.1) is 0 Å². The first kappa shape index (κ1) is 11.9. The van der Waals surface area contributed by atoms with Crippen LogP contribution in [-0.2, 0) is 4.79 Å². The molecule has 0 unspecified atom stereocenters. The molecule has 0 amide bonds. The molecule has 0 fully saturated rings. The Hall–Kier alpha value is -1.09. The summed E-state index contributed by atoms with van der Waals surface area (Å²) in [5.74, 6) is -0.999. The Labute approximate surface area is 86.1 Å². The Morgan fingerprint density at radius 1 is 1.46 bits per heavy atom. The fourth-order valence-electron chi connectivity index (χ4n) is 0.563. The maximum absolute atomic E-state index is 10.4. The molecule has 0 aromatic carbocycles. The smallest absolute Gasteiger partial charge is 0.342 e. The topological polar surface area (TPSA) is 37.3 Å². The van der Waals surface area contributed by atoms with Gasteiger partial charge in [0.1, 0.15) is 4.48 Å². The number of rotatable bonds is 4. The molecule has 70 valence electrons. The Bertz CT molecular complexity index is 285. The summed E-state index contributed by atoms with van der Waals surface area (Å²) in [6.07, 6.45) is 8.68. The zero-order valence-corrected chi connectivity index (χ0v) is 8.91. The first-order valence-corrected chi connectivity index (χ1v) is 4.46. The number of carbonyl (C=O) groups is 1. The standard InChI is InChI=1S/C10H11BrO2/c1-3-4-5-6-8(2)7-9(11)10(12)13/h3-7H,2H2,1H3,(H,12,13)/b4-3-,6-5-,9-7-. The summed E-state index contributed by atoms with van der Waals surface area (Å²) in [6.45, 7) is 5.56. The number of carboxylic acids is 1. The van der Waals surface area contributed by atoms with E-state index < -0.39 is 5.97 Å². The van der Waals surface area contributed by atoms with Crippen LogP contribution in [0.4, 0.5) is 0 Å². The van der Waals surface area contributed by atoms with Crippen LogP contribution >= 0.6 is 15.9 Å². The van der Waals surface area contributed by atoms with Crippen LogP contribution in [0.15, 0.2) is 47.0 Å². The van der Waals surface area contributed by atoms with E-state index in [1.54, 1.807) is 12.2 Å². The summed E-state index contributed by atoms with van der Waals surface area (Å²) in [5, 5.41) is 8.51. The lowest BCUT2D eigenvalue weighted by Crippen LogP contribution is -1.92. The molecule has 0 rings (SSSR count). The zero-order chi connectivity index (χ0) is 10.3. The third kappa shape index (κ3) is 6.11. The van der Waals surface area contributed by atoms with Gasteiger partial charge in [0.2, 0.25) is 0 Å². The van der Waals surface area contributed by atoms with Gasteiger partial charge in [0, 0.05) is 0 Å². The highest BCUT2D eigenvalue weighted by Crippen LogP contribution is 2.09. The molecule has 0 radical (unpaired) electrons. The largest absolute Gasteiger partial charge is 0.477 e. The second-order valence-electron chi connectivity index (χ2n) is 2.26. The highest BCUT2D eigenvalue weighted by atomic mass is 79.9. The Morgan fingerprint density at radius 2 is 2.08 bits per heavy atom. The molecule has 0 aromatic heterocycles. The summed E-state index contributed by atoms with van der Waals surface area (Å²) in [6, 6.07) is 0. The average Bonchev–Trinajstić information content (AvgIpc) is 2.04. The van der Waals surface area contributed by atoms with Crippen molar-refractivity contribution in [2.45, 2.75) is 6.92 Å². The fraction of sp³-hybridized carbons (Fsp3) is 0.100. The van der Waals surface area contributed by atoms with Gasteiger partial charge in [-0.2, -0.15) is 0 Å². The number of carboxylic acid groups (broad SMARTS) is 1. The number of hydrogen-bond donors (Lipinski definition) is 1. The quantitative estimate of drug-likeness (QED) is 0.608. The number of halogens is 1. The molecule has 0 aromatic rings. The van der Waals surface area contributed by atoms with E-state index in [0.29, 0.717) is 5.57 Å². The molecule has 0 saturated carbocycles. The fourth-order valence-corrected chi connectivity index (χ4v) is 0.857. The predicted octanol–water partition coefficient (Wildman–Crippen LogP) is 3.04. The molecule has 0 aliphatic rings. The van der Waals surface area contributed by atoms with E-state index in [-0.39, 0.29) is 4.48 Å². The highest BCUT2D eigenvalue weighted by molar-refractivity contribution is 9.12. The molecule has 0 aliphatic heterocycles. The molecule has 13 heavy (non-hydrogen) atoms. The van der Waals surface area contributed by atoms with Crippen molar-refractivity contribution in [3.8, 4) is 0 Å². The first-order chi connectivity index (χ1) is 6.07. The van der Waals surface area contributed by atoms with Crippen LogP contribution in [0.1, 0.15) is 6.92 Å². The molecular formula is C10H11BrO2. The van der Waals surface area contributed by atoms with Crippen LogP contribution < -0.4 is 0 Å². The Kier molecular flexibility index (Phi) is 5.89. The molecule has 0 aliphatic carbocycles. The summed E-state index contributed by atoms with van der Waals surface area (Å²) in [5.41, 5.74) is 0.632. The van der Waals surface area contributed by atoms with Crippen LogP contribution in [0.3, 0.4) is 0 Å². The van der Waals surface area contributed by atoms with Gasteiger partial charge in [-0.3, -0.25) is 0 Å². The van der Waals surface area contributed by atoms with E-state index in [4.69, 9.17) is 5.11 Å². The lowest BCUT2D eigenvalue weighted by atomic mass is 10.2. The van der Waals surface area contributed by atoms with Gasteiger partial charge < -0.3 is 5.11 Å². The third-order valence-electron chi connectivity index (χ3n) is 1.13. The zero-order valence-electron chi connectivity index (χ0n) is 7.33. The van der Waals surface area contributed by atoms with Crippen molar-refractivity contribution in [3.63, 3.8) is 0 Å². The number of aliphatic carboxylic acids is 1. The molecule has 2 nitrogen and oxygen atoms in total. The van der Waals surface area contributed by atoms with Crippen molar-refractivity contribution in [1.29, 1.82) is 0 Å². The predicted molar refractivity (Wildman–Crippen MR) is 57.7 cm³/mol. The summed E-state index contributed by atoms with van der Waals surface area (Å²) >= 11 is 2.90. The van der Waals surface area contributed by atoms with Gasteiger partial charge in [-0.05, 0) is 34.5 Å². The highest BCUT2D eigenvalue weighted by Gasteiger charge is 2.00. The summed E-state index contributed by atoms with van der Waals surface area (Å²) in [4.78, 5) is 10.4. The molecule has 3 heteroatoms. The van der Waals surface area contributed by atoms with Gasteiger partial charge in [0.25, 0.3) is 0 Å². The van der Waals surface area contributed by atoms with Crippen LogP contribution in [0.25, 0.3) is 0 Å². The maximum atomic E-state index is 10.4. The normalized spacial score (nSPS) is 12.6. The molecular weight excluding hydrogens is 232 g/mol. The van der Waals surface area contributed by atoms with Crippen LogP contribution in [0.5, 0.6) is 0 Å². The van der Waals surface area contributed by atoms with Gasteiger partial charge in [0.15, 0.2) is 0 Å². The van der Waals surface area contributed by atoms with Crippen molar-refractivity contribution in [3.05, 3.63) is 47.0 Å². The monoisotopic (exact) mass is 242 g/mol. The minimum Gasteiger partial charge on any atom is -0.477 e. The SMILES string of the molecule is C=C(/C=C\C=C/C)/C=C(\Br)C(=O)O. The number of hydrogen-bond acceptors (Lipinski definition) is 1. The Balaban J connectivity index is 4.30. The van der Waals surface area contributed by atoms with E-state index >= 15 is 0 Å². The van der Waals surface area contributed by atoms with Gasteiger partial charge >= 0.3 is 5.97 Å². The minimum atomic E-state index is -0.999. The summed E-state index contributed by atoms with van der Waals surface area (Å²) in [7, 11) is 0. The molecule has 0 atom stereocenters. The van der Waals surface area contributed by atoms with E-state index in [1.807, 2.05) is 19.1 Å². The minimum absolute atomic E-state index is 0.0997. The van der Waals surface area contributed by atoms with E-state index in [1.165, 1.54) is 6.08 Å². The van der Waals surface area contributed by atoms with Crippen molar-refractivity contribution in [2.24, 2.45) is 0 Å². The second kappa shape index (κ2) is 6.43. The van der Waals surface area contributed by atoms with Gasteiger partial charge in [-0.1, -0.05) is 30.9 Å². The first-order valence-electron chi connectivity index (χ1n) is 3.66. The van der Waals surface area contributed by atoms with Gasteiger partial charge in [-0.15, -0.1) is 0 Å². The van der Waals surface area contributed by atoms with Crippen molar-refractivity contribution in [1.82, 2.24) is 0 Å². The number of allylic oxidation sites excluding steroid dienone is 6. The Morgan fingerprint density at radius 3 is 2.54 bits per heavy atom. The summed E-state index contributed by atoms with van der Waals surface area (Å²) < 4.78 is 0.0997. The van der Waals surface area contributed by atoms with Crippen LogP contribution in [0.2, 0.25) is 0 Å².